The molecule has 0 aromatic heterocycles. The second-order valence-electron chi connectivity index (χ2n) is 6.63. The van der Waals surface area contributed by atoms with Crippen LogP contribution in [0.1, 0.15) is 49.0 Å². The zero-order valence-electron chi connectivity index (χ0n) is 14.8. The highest BCUT2D eigenvalue weighted by atomic mass is 32.1. The molecule has 5 nitrogen and oxygen atoms in total. The summed E-state index contributed by atoms with van der Waals surface area (Å²) >= 11 is 5.31. The first-order chi connectivity index (χ1) is 11.4. The van der Waals surface area contributed by atoms with Crippen molar-refractivity contribution in [2.24, 2.45) is 11.8 Å². The SMILES string of the molecule is COc1ccc(C)cc1C(=O)NNC(=S)N[C@@H]1CCC[C@H](C)[C@@H]1C. The number of carbonyl (C=O) groups excluding carboxylic acids is 1. The molecule has 1 fully saturated rings. The Labute approximate surface area is 149 Å². The van der Waals surface area contributed by atoms with Gasteiger partial charge in [0.2, 0.25) is 0 Å². The number of hydrogen-bond acceptors (Lipinski definition) is 3. The molecule has 0 spiro atoms. The minimum atomic E-state index is -0.273. The van der Waals surface area contributed by atoms with Crippen molar-refractivity contribution in [3.05, 3.63) is 29.3 Å². The van der Waals surface area contributed by atoms with E-state index in [1.807, 2.05) is 13.0 Å². The van der Waals surface area contributed by atoms with Crippen LogP contribution in [0.25, 0.3) is 0 Å². The van der Waals surface area contributed by atoms with Gasteiger partial charge in [0, 0.05) is 6.04 Å². The molecule has 24 heavy (non-hydrogen) atoms. The molecule has 1 aliphatic rings. The zero-order chi connectivity index (χ0) is 17.7. The number of hydrazine groups is 1. The molecule has 1 amide bonds. The number of aryl methyl sites for hydroxylation is 1. The molecule has 0 radical (unpaired) electrons. The van der Waals surface area contributed by atoms with E-state index in [0.29, 0.717) is 34.3 Å². The highest BCUT2D eigenvalue weighted by Gasteiger charge is 2.27. The fourth-order valence-electron chi connectivity index (χ4n) is 3.17. The summed E-state index contributed by atoms with van der Waals surface area (Å²) in [6.07, 6.45) is 3.58. The van der Waals surface area contributed by atoms with Crippen LogP contribution in [0.15, 0.2) is 18.2 Å². The Morgan fingerprint density at radius 3 is 2.71 bits per heavy atom. The van der Waals surface area contributed by atoms with Crippen LogP contribution in [0.4, 0.5) is 0 Å². The van der Waals surface area contributed by atoms with Crippen molar-refractivity contribution in [2.45, 2.75) is 46.1 Å². The molecule has 0 bridgehead atoms. The first-order valence-electron chi connectivity index (χ1n) is 8.44. The summed E-state index contributed by atoms with van der Waals surface area (Å²) in [5, 5.41) is 3.77. The van der Waals surface area contributed by atoms with Crippen molar-refractivity contribution in [1.82, 2.24) is 16.2 Å². The lowest BCUT2D eigenvalue weighted by atomic mass is 9.78. The van der Waals surface area contributed by atoms with Crippen molar-refractivity contribution in [3.8, 4) is 5.75 Å². The molecule has 0 aliphatic heterocycles. The molecule has 3 atom stereocenters. The predicted molar refractivity (Wildman–Crippen MR) is 100 cm³/mol. The second kappa shape index (κ2) is 8.33. The minimum absolute atomic E-state index is 0.273. The number of benzene rings is 1. The van der Waals surface area contributed by atoms with Crippen LogP contribution in [-0.2, 0) is 0 Å². The summed E-state index contributed by atoms with van der Waals surface area (Å²) in [6.45, 7) is 6.46. The average molecular weight is 350 g/mol. The van der Waals surface area contributed by atoms with Gasteiger partial charge in [-0.25, -0.2) is 0 Å². The predicted octanol–water partition coefficient (Wildman–Crippen LogP) is 2.94. The summed E-state index contributed by atoms with van der Waals surface area (Å²) in [5.74, 6) is 1.51. The van der Waals surface area contributed by atoms with E-state index in [4.69, 9.17) is 17.0 Å². The Kier molecular flexibility index (Phi) is 6.43. The molecule has 0 saturated heterocycles. The summed E-state index contributed by atoms with van der Waals surface area (Å²) in [6, 6.07) is 5.82. The smallest absolute Gasteiger partial charge is 0.273 e. The van der Waals surface area contributed by atoms with E-state index >= 15 is 0 Å². The van der Waals surface area contributed by atoms with E-state index in [-0.39, 0.29) is 5.91 Å². The van der Waals surface area contributed by atoms with Gasteiger partial charge in [-0.15, -0.1) is 0 Å². The molecular formula is C18H27N3O2S. The summed E-state index contributed by atoms with van der Waals surface area (Å²) in [7, 11) is 1.55. The fourth-order valence-corrected chi connectivity index (χ4v) is 3.37. The van der Waals surface area contributed by atoms with Crippen molar-refractivity contribution in [2.75, 3.05) is 7.11 Å². The molecule has 1 aromatic rings. The molecule has 1 aromatic carbocycles. The summed E-state index contributed by atoms with van der Waals surface area (Å²) in [4.78, 5) is 12.3. The van der Waals surface area contributed by atoms with Crippen molar-refractivity contribution in [3.63, 3.8) is 0 Å². The van der Waals surface area contributed by atoms with Gasteiger partial charge in [0.15, 0.2) is 5.11 Å². The largest absolute Gasteiger partial charge is 0.496 e. The molecule has 1 saturated carbocycles. The van der Waals surface area contributed by atoms with E-state index in [1.165, 1.54) is 12.8 Å². The molecule has 2 rings (SSSR count). The van der Waals surface area contributed by atoms with Crippen LogP contribution in [0.3, 0.4) is 0 Å². The van der Waals surface area contributed by atoms with Gasteiger partial charge in [-0.2, -0.15) is 0 Å². The first-order valence-corrected chi connectivity index (χ1v) is 8.84. The van der Waals surface area contributed by atoms with Gasteiger partial charge in [0.05, 0.1) is 12.7 Å². The standard InChI is InChI=1S/C18H27N3O2S/c1-11-8-9-16(23-4)14(10-11)17(22)20-21-18(24)19-15-7-5-6-12(2)13(15)3/h8-10,12-13,15H,5-7H2,1-4H3,(H,20,22)(H2,19,21,24)/t12-,13-,15+/m0/s1. The van der Waals surface area contributed by atoms with Crippen molar-refractivity contribution >= 4 is 23.2 Å². The molecule has 3 N–H and O–H groups in total. The molecule has 0 heterocycles. The quantitative estimate of drug-likeness (QED) is 0.578. The number of methoxy groups -OCH3 is 1. The molecular weight excluding hydrogens is 322 g/mol. The van der Waals surface area contributed by atoms with Crippen LogP contribution >= 0.6 is 12.2 Å². The zero-order valence-corrected chi connectivity index (χ0v) is 15.6. The highest BCUT2D eigenvalue weighted by molar-refractivity contribution is 7.80. The lowest BCUT2D eigenvalue weighted by molar-refractivity contribution is 0.0940. The molecule has 6 heteroatoms. The number of rotatable bonds is 3. The highest BCUT2D eigenvalue weighted by Crippen LogP contribution is 2.29. The Balaban J connectivity index is 1.89. The van der Waals surface area contributed by atoms with Crippen LogP contribution in [-0.4, -0.2) is 24.2 Å². The van der Waals surface area contributed by atoms with E-state index in [9.17, 15) is 4.79 Å². The number of ether oxygens (including phenoxy) is 1. The van der Waals surface area contributed by atoms with Crippen LogP contribution < -0.4 is 20.9 Å². The summed E-state index contributed by atoms with van der Waals surface area (Å²) < 4.78 is 5.24. The van der Waals surface area contributed by atoms with Crippen molar-refractivity contribution < 1.29 is 9.53 Å². The molecule has 1 aliphatic carbocycles. The van der Waals surface area contributed by atoms with Gasteiger partial charge in [-0.1, -0.05) is 38.3 Å². The van der Waals surface area contributed by atoms with E-state index in [0.717, 1.165) is 12.0 Å². The maximum atomic E-state index is 12.3. The number of carbonyl (C=O) groups is 1. The van der Waals surface area contributed by atoms with Gasteiger partial charge in [0.1, 0.15) is 5.75 Å². The number of amides is 1. The van der Waals surface area contributed by atoms with E-state index in [2.05, 4.69) is 30.0 Å². The van der Waals surface area contributed by atoms with Gasteiger partial charge in [-0.05, 0) is 49.5 Å². The maximum absolute atomic E-state index is 12.3. The fraction of sp³-hybridized carbons (Fsp3) is 0.556. The lowest BCUT2D eigenvalue weighted by Gasteiger charge is -2.35. The lowest BCUT2D eigenvalue weighted by Crippen LogP contribution is -2.52. The van der Waals surface area contributed by atoms with E-state index in [1.54, 1.807) is 19.2 Å². The number of nitrogens with one attached hydrogen (secondary N) is 3. The minimum Gasteiger partial charge on any atom is -0.496 e. The first kappa shape index (κ1) is 18.5. The Bertz CT molecular complexity index is 606. The number of hydrogen-bond donors (Lipinski definition) is 3. The topological polar surface area (TPSA) is 62.4 Å². The third kappa shape index (κ3) is 4.60. The van der Waals surface area contributed by atoms with Gasteiger partial charge in [-0.3, -0.25) is 15.6 Å². The van der Waals surface area contributed by atoms with E-state index < -0.39 is 0 Å². The van der Waals surface area contributed by atoms with Gasteiger partial charge >= 0.3 is 0 Å². The van der Waals surface area contributed by atoms with Gasteiger partial charge < -0.3 is 10.1 Å². The third-order valence-corrected chi connectivity index (χ3v) is 5.13. The Hall–Kier alpha value is -1.82. The molecule has 132 valence electrons. The monoisotopic (exact) mass is 349 g/mol. The maximum Gasteiger partial charge on any atom is 0.273 e. The Morgan fingerprint density at radius 1 is 1.25 bits per heavy atom. The third-order valence-electron chi connectivity index (χ3n) is 4.91. The van der Waals surface area contributed by atoms with Crippen molar-refractivity contribution in [1.29, 1.82) is 0 Å². The van der Waals surface area contributed by atoms with Crippen LogP contribution in [0.2, 0.25) is 0 Å². The van der Waals surface area contributed by atoms with Crippen LogP contribution in [0, 0.1) is 18.8 Å². The summed E-state index contributed by atoms with van der Waals surface area (Å²) in [5.41, 5.74) is 6.91. The Morgan fingerprint density at radius 2 is 2.00 bits per heavy atom. The second-order valence-corrected chi connectivity index (χ2v) is 7.04. The average Bonchev–Trinajstić information content (AvgIpc) is 2.56. The van der Waals surface area contributed by atoms with Gasteiger partial charge in [0.25, 0.3) is 5.91 Å². The molecule has 0 unspecified atom stereocenters. The van der Waals surface area contributed by atoms with Crippen LogP contribution in [0.5, 0.6) is 5.75 Å². The normalized spacial score (nSPS) is 23.2. The number of thiocarbonyl (C=S) groups is 1.